The number of pyridine rings is 1. The Balaban J connectivity index is 1.51. The van der Waals surface area contributed by atoms with Gasteiger partial charge in [0, 0.05) is 37.9 Å². The van der Waals surface area contributed by atoms with Gasteiger partial charge in [-0.2, -0.15) is 0 Å². The minimum absolute atomic E-state index is 0.165. The van der Waals surface area contributed by atoms with Crippen molar-refractivity contribution in [2.75, 3.05) is 6.54 Å². The topological polar surface area (TPSA) is 45.2 Å². The highest BCUT2D eigenvalue weighted by atomic mass is 19.1. The van der Waals surface area contributed by atoms with Crippen molar-refractivity contribution in [2.45, 2.75) is 45.3 Å². The molecule has 4 nitrogen and oxygen atoms in total. The lowest BCUT2D eigenvalue weighted by molar-refractivity contribution is -0.129. The zero-order valence-corrected chi connectivity index (χ0v) is 14.5. The molecule has 0 saturated carbocycles. The van der Waals surface area contributed by atoms with Gasteiger partial charge in [-0.05, 0) is 55.1 Å². The van der Waals surface area contributed by atoms with Gasteiger partial charge in [0.15, 0.2) is 0 Å². The summed E-state index contributed by atoms with van der Waals surface area (Å²) in [6.45, 7) is 3.85. The van der Waals surface area contributed by atoms with Crippen molar-refractivity contribution >= 4 is 5.91 Å². The molecule has 1 atom stereocenters. The van der Waals surface area contributed by atoms with Gasteiger partial charge in [0.1, 0.15) is 5.82 Å². The summed E-state index contributed by atoms with van der Waals surface area (Å²) in [4.78, 5) is 18.2. The Morgan fingerprint density at radius 2 is 2.20 bits per heavy atom. The molecule has 1 aromatic carbocycles. The normalized spacial score (nSPS) is 17.3. The van der Waals surface area contributed by atoms with Crippen molar-refractivity contribution in [1.29, 1.82) is 0 Å². The molecule has 5 heteroatoms. The summed E-state index contributed by atoms with van der Waals surface area (Å²) in [5.41, 5.74) is 2.64. The standard InChI is InChI=1S/C20H24FN3O/c1-15-4-5-16(11-19(15)21)14-24-18(6-7-20(24)25)8-10-23-13-17-3-2-9-22-12-17/h2-5,9,11-12,18,23H,6-8,10,13-14H2,1H3. The van der Waals surface area contributed by atoms with Crippen molar-refractivity contribution in [3.05, 3.63) is 65.2 Å². The highest BCUT2D eigenvalue weighted by molar-refractivity contribution is 5.78. The lowest BCUT2D eigenvalue weighted by Crippen LogP contribution is -2.34. The third kappa shape index (κ3) is 4.63. The summed E-state index contributed by atoms with van der Waals surface area (Å²) >= 11 is 0. The number of halogens is 1. The van der Waals surface area contributed by atoms with Crippen molar-refractivity contribution in [3.63, 3.8) is 0 Å². The smallest absolute Gasteiger partial charge is 0.223 e. The van der Waals surface area contributed by atoms with Crippen molar-refractivity contribution in [1.82, 2.24) is 15.2 Å². The van der Waals surface area contributed by atoms with Crippen LogP contribution < -0.4 is 5.32 Å². The Morgan fingerprint density at radius 1 is 1.32 bits per heavy atom. The maximum Gasteiger partial charge on any atom is 0.223 e. The molecule has 0 bridgehead atoms. The van der Waals surface area contributed by atoms with Crippen LogP contribution in [0.25, 0.3) is 0 Å². The quantitative estimate of drug-likeness (QED) is 0.787. The van der Waals surface area contributed by atoms with Crippen LogP contribution in [0.1, 0.15) is 36.0 Å². The number of aromatic nitrogens is 1. The Labute approximate surface area is 148 Å². The van der Waals surface area contributed by atoms with E-state index in [2.05, 4.69) is 10.3 Å². The fourth-order valence-corrected chi connectivity index (χ4v) is 3.25. The number of aryl methyl sites for hydroxylation is 1. The zero-order chi connectivity index (χ0) is 17.6. The molecular weight excluding hydrogens is 317 g/mol. The number of carbonyl (C=O) groups excluding carboxylic acids is 1. The van der Waals surface area contributed by atoms with E-state index in [9.17, 15) is 9.18 Å². The van der Waals surface area contributed by atoms with Gasteiger partial charge in [0.2, 0.25) is 5.91 Å². The molecule has 2 heterocycles. The summed E-state index contributed by atoms with van der Waals surface area (Å²) < 4.78 is 13.7. The van der Waals surface area contributed by atoms with Crippen LogP contribution in [0.3, 0.4) is 0 Å². The number of benzene rings is 1. The summed E-state index contributed by atoms with van der Waals surface area (Å²) in [7, 11) is 0. The third-order valence-electron chi connectivity index (χ3n) is 4.75. The van der Waals surface area contributed by atoms with E-state index in [1.54, 1.807) is 25.3 Å². The van der Waals surface area contributed by atoms with Crippen molar-refractivity contribution < 1.29 is 9.18 Å². The van der Waals surface area contributed by atoms with Crippen LogP contribution in [0.5, 0.6) is 0 Å². The van der Waals surface area contributed by atoms with Gasteiger partial charge >= 0.3 is 0 Å². The zero-order valence-electron chi connectivity index (χ0n) is 14.5. The summed E-state index contributed by atoms with van der Waals surface area (Å²) in [6, 6.07) is 9.40. The van der Waals surface area contributed by atoms with Crippen LogP contribution >= 0.6 is 0 Å². The van der Waals surface area contributed by atoms with Gasteiger partial charge in [0.05, 0.1) is 0 Å². The monoisotopic (exact) mass is 341 g/mol. The molecule has 1 aliphatic rings. The highest BCUT2D eigenvalue weighted by Crippen LogP contribution is 2.24. The van der Waals surface area contributed by atoms with Gasteiger partial charge in [-0.15, -0.1) is 0 Å². The van der Waals surface area contributed by atoms with Gasteiger partial charge in [-0.25, -0.2) is 4.39 Å². The molecule has 1 saturated heterocycles. The summed E-state index contributed by atoms with van der Waals surface area (Å²) in [5, 5.41) is 3.41. The van der Waals surface area contributed by atoms with E-state index >= 15 is 0 Å². The molecule has 1 unspecified atom stereocenters. The molecule has 1 aliphatic heterocycles. The second-order valence-corrected chi connectivity index (χ2v) is 6.62. The van der Waals surface area contributed by atoms with Gasteiger partial charge in [-0.1, -0.05) is 18.2 Å². The SMILES string of the molecule is Cc1ccc(CN2C(=O)CCC2CCNCc2cccnc2)cc1F. The molecule has 3 rings (SSSR count). The number of likely N-dealkylation sites (tertiary alicyclic amines) is 1. The number of amides is 1. The molecule has 2 aromatic rings. The first-order chi connectivity index (χ1) is 12.1. The Hall–Kier alpha value is -2.27. The number of hydrogen-bond donors (Lipinski definition) is 1. The second kappa shape index (κ2) is 8.21. The van der Waals surface area contributed by atoms with Gasteiger partial charge in [0.25, 0.3) is 0 Å². The number of nitrogens with zero attached hydrogens (tertiary/aromatic N) is 2. The largest absolute Gasteiger partial charge is 0.335 e. The molecule has 0 spiro atoms. The van der Waals surface area contributed by atoms with Crippen molar-refractivity contribution in [3.8, 4) is 0 Å². The molecular formula is C20H24FN3O. The van der Waals surface area contributed by atoms with Crippen LogP contribution in [0.2, 0.25) is 0 Å². The molecule has 1 N–H and O–H groups in total. The molecule has 25 heavy (non-hydrogen) atoms. The summed E-state index contributed by atoms with van der Waals surface area (Å²) in [6.07, 6.45) is 5.98. The summed E-state index contributed by atoms with van der Waals surface area (Å²) in [5.74, 6) is -0.0444. The lowest BCUT2D eigenvalue weighted by Gasteiger charge is -2.25. The average molecular weight is 341 g/mol. The van der Waals surface area contributed by atoms with Gasteiger partial charge < -0.3 is 10.2 Å². The predicted octanol–water partition coefficient (Wildman–Crippen LogP) is 3.20. The number of hydrogen-bond acceptors (Lipinski definition) is 3. The molecule has 0 aliphatic carbocycles. The van der Waals surface area contributed by atoms with Crippen molar-refractivity contribution in [2.24, 2.45) is 0 Å². The average Bonchev–Trinajstić information content (AvgIpc) is 2.96. The maximum absolute atomic E-state index is 13.7. The van der Waals surface area contributed by atoms with Crippen LogP contribution in [0.4, 0.5) is 4.39 Å². The minimum Gasteiger partial charge on any atom is -0.335 e. The van der Waals surface area contributed by atoms with Crippen LogP contribution in [0.15, 0.2) is 42.7 Å². The van der Waals surface area contributed by atoms with E-state index in [4.69, 9.17) is 0 Å². The molecule has 1 fully saturated rings. The predicted molar refractivity (Wildman–Crippen MR) is 95.3 cm³/mol. The van der Waals surface area contributed by atoms with E-state index < -0.39 is 0 Å². The van der Waals surface area contributed by atoms with Crippen LogP contribution in [-0.2, 0) is 17.9 Å². The highest BCUT2D eigenvalue weighted by Gasteiger charge is 2.30. The van der Waals surface area contributed by atoms with E-state index in [-0.39, 0.29) is 17.8 Å². The number of carbonyl (C=O) groups is 1. The second-order valence-electron chi connectivity index (χ2n) is 6.62. The first kappa shape index (κ1) is 17.5. The Morgan fingerprint density at radius 3 is 2.96 bits per heavy atom. The Bertz CT molecular complexity index is 720. The van der Waals surface area contributed by atoms with E-state index in [1.807, 2.05) is 29.3 Å². The van der Waals surface area contributed by atoms with Crippen LogP contribution in [0, 0.1) is 12.7 Å². The fourth-order valence-electron chi connectivity index (χ4n) is 3.25. The van der Waals surface area contributed by atoms with E-state index in [0.29, 0.717) is 18.5 Å². The van der Waals surface area contributed by atoms with E-state index in [1.165, 1.54) is 0 Å². The van der Waals surface area contributed by atoms with E-state index in [0.717, 1.165) is 37.1 Å². The molecule has 1 amide bonds. The Kier molecular flexibility index (Phi) is 5.76. The lowest BCUT2D eigenvalue weighted by atomic mass is 10.1. The molecule has 1 aromatic heterocycles. The minimum atomic E-state index is -0.209. The first-order valence-corrected chi connectivity index (χ1v) is 8.77. The fraction of sp³-hybridized carbons (Fsp3) is 0.400. The van der Waals surface area contributed by atoms with Gasteiger partial charge in [-0.3, -0.25) is 9.78 Å². The third-order valence-corrected chi connectivity index (χ3v) is 4.75. The number of nitrogens with one attached hydrogen (secondary N) is 1. The molecule has 0 radical (unpaired) electrons. The van der Waals surface area contributed by atoms with Crippen LogP contribution in [-0.4, -0.2) is 28.4 Å². The molecule has 132 valence electrons. The first-order valence-electron chi connectivity index (χ1n) is 8.77. The number of rotatable bonds is 7. The maximum atomic E-state index is 13.7.